The molecule has 0 aliphatic carbocycles. The van der Waals surface area contributed by atoms with Crippen LogP contribution in [0.25, 0.3) is 0 Å². The largest absolute Gasteiger partial charge is 0.394 e. The second-order valence-electron chi connectivity index (χ2n) is 24.2. The molecule has 0 heterocycles. The molecule has 5 N–H and O–H groups in total. The van der Waals surface area contributed by atoms with Crippen LogP contribution in [0.1, 0.15) is 386 Å². The van der Waals surface area contributed by atoms with Gasteiger partial charge in [-0.2, -0.15) is 0 Å². The fourth-order valence-corrected chi connectivity index (χ4v) is 11.3. The number of carbonyl (C=O) groups excluding carboxylic acids is 1. The van der Waals surface area contributed by atoms with Crippen LogP contribution in [-0.2, 0) is 4.79 Å². The molecular weight excluding hydrogens is 935 g/mol. The molecule has 0 aromatic heterocycles. The predicted octanol–water partition coefficient (Wildman–Crippen LogP) is 21.3. The number of allylic oxidation sites excluding steroid dienone is 4. The van der Waals surface area contributed by atoms with E-state index in [1.165, 1.54) is 315 Å². The molecule has 0 aromatic carbocycles. The van der Waals surface area contributed by atoms with Crippen LogP contribution < -0.4 is 5.32 Å². The van der Waals surface area contributed by atoms with Crippen molar-refractivity contribution in [3.8, 4) is 0 Å². The second-order valence-corrected chi connectivity index (χ2v) is 24.2. The first-order valence-corrected chi connectivity index (χ1v) is 34.7. The van der Waals surface area contributed by atoms with Gasteiger partial charge in [0.2, 0.25) is 5.91 Å². The Labute approximate surface area is 475 Å². The molecule has 0 rings (SSSR count). The maximum absolute atomic E-state index is 12.7. The molecule has 4 unspecified atom stereocenters. The standard InChI is InChI=1S/C70H137NO5/c1-3-5-7-9-11-13-15-17-19-21-23-25-27-29-31-32-33-34-35-36-37-38-40-42-44-46-48-50-52-54-56-58-60-62-64-68(74)70(76)71-66(65-72)69(75)67(73)63-61-59-57-55-53-51-49-47-45-43-41-39-30-28-26-24-22-20-18-16-14-12-10-8-6-4-2/h47,49,55,57,66-69,72-75H,3-46,48,50-54,56,58-65H2,1-2H3,(H,71,76)/b49-47+,57-55+. The number of aliphatic hydroxyl groups is 4. The molecular formula is C70H137NO5. The Balaban J connectivity index is 3.56. The van der Waals surface area contributed by atoms with E-state index < -0.39 is 36.9 Å². The average Bonchev–Trinajstić information content (AvgIpc) is 3.42. The highest BCUT2D eigenvalue weighted by Crippen LogP contribution is 2.19. The predicted molar refractivity (Wildman–Crippen MR) is 334 cm³/mol. The van der Waals surface area contributed by atoms with E-state index in [0.29, 0.717) is 19.3 Å². The normalized spacial score (nSPS) is 13.6. The maximum Gasteiger partial charge on any atom is 0.249 e. The summed E-state index contributed by atoms with van der Waals surface area (Å²) in [6.07, 6.45) is 81.7. The number of nitrogens with one attached hydrogen (secondary N) is 1. The Hall–Kier alpha value is -1.21. The summed E-state index contributed by atoms with van der Waals surface area (Å²) >= 11 is 0. The van der Waals surface area contributed by atoms with Gasteiger partial charge in [0.1, 0.15) is 12.2 Å². The third-order valence-electron chi connectivity index (χ3n) is 16.6. The molecule has 0 aromatic rings. The van der Waals surface area contributed by atoms with Gasteiger partial charge >= 0.3 is 0 Å². The first kappa shape index (κ1) is 74.8. The topological polar surface area (TPSA) is 110 Å². The number of unbranched alkanes of at least 4 members (excludes halogenated alkanes) is 52. The van der Waals surface area contributed by atoms with Crippen molar-refractivity contribution in [3.05, 3.63) is 24.3 Å². The number of carbonyl (C=O) groups is 1. The number of rotatable bonds is 65. The number of hydrogen-bond acceptors (Lipinski definition) is 5. The Bertz CT molecular complexity index is 1160. The van der Waals surface area contributed by atoms with Crippen LogP contribution in [0.5, 0.6) is 0 Å². The molecule has 4 atom stereocenters. The molecule has 0 spiro atoms. The second kappa shape index (κ2) is 64.6. The highest BCUT2D eigenvalue weighted by atomic mass is 16.3. The molecule has 6 heteroatoms. The van der Waals surface area contributed by atoms with Crippen molar-refractivity contribution < 1.29 is 25.2 Å². The fourth-order valence-electron chi connectivity index (χ4n) is 11.3. The zero-order valence-electron chi connectivity index (χ0n) is 51.5. The summed E-state index contributed by atoms with van der Waals surface area (Å²) in [5, 5.41) is 44.2. The van der Waals surface area contributed by atoms with Crippen LogP contribution in [-0.4, -0.2) is 57.3 Å². The zero-order chi connectivity index (χ0) is 55.1. The van der Waals surface area contributed by atoms with E-state index in [2.05, 4.69) is 43.5 Å². The highest BCUT2D eigenvalue weighted by molar-refractivity contribution is 5.80. The Morgan fingerprint density at radius 3 is 0.829 bits per heavy atom. The van der Waals surface area contributed by atoms with Crippen LogP contribution >= 0.6 is 0 Å². The van der Waals surface area contributed by atoms with E-state index in [4.69, 9.17) is 0 Å². The van der Waals surface area contributed by atoms with Crippen molar-refractivity contribution in [1.29, 1.82) is 0 Å². The monoisotopic (exact) mass is 1070 g/mol. The van der Waals surface area contributed by atoms with E-state index in [-0.39, 0.29) is 0 Å². The zero-order valence-corrected chi connectivity index (χ0v) is 51.5. The highest BCUT2D eigenvalue weighted by Gasteiger charge is 2.28. The molecule has 76 heavy (non-hydrogen) atoms. The van der Waals surface area contributed by atoms with Crippen molar-refractivity contribution in [1.82, 2.24) is 5.32 Å². The van der Waals surface area contributed by atoms with Crippen molar-refractivity contribution in [3.63, 3.8) is 0 Å². The Morgan fingerprint density at radius 2 is 0.553 bits per heavy atom. The lowest BCUT2D eigenvalue weighted by Crippen LogP contribution is -2.53. The maximum atomic E-state index is 12.7. The molecule has 0 bridgehead atoms. The van der Waals surface area contributed by atoms with E-state index in [1.54, 1.807) is 0 Å². The SMILES string of the molecule is CCCCCCCCCCCCCCCCCCC/C=C/CC/C=C/CCCC(O)C(O)C(CO)NC(=O)C(O)CCCCCCCCCCCCCCCCCCCCCCCCCCCCCCCCCCCC. The molecule has 0 fully saturated rings. The van der Waals surface area contributed by atoms with Crippen molar-refractivity contribution in [2.75, 3.05) is 6.61 Å². The van der Waals surface area contributed by atoms with Crippen LogP contribution in [0, 0.1) is 0 Å². The van der Waals surface area contributed by atoms with Gasteiger partial charge in [0, 0.05) is 0 Å². The molecule has 0 saturated carbocycles. The summed E-state index contributed by atoms with van der Waals surface area (Å²) in [5.41, 5.74) is 0. The van der Waals surface area contributed by atoms with Crippen LogP contribution in [0.4, 0.5) is 0 Å². The first-order valence-electron chi connectivity index (χ1n) is 34.7. The van der Waals surface area contributed by atoms with E-state index >= 15 is 0 Å². The molecule has 452 valence electrons. The van der Waals surface area contributed by atoms with Gasteiger partial charge in [-0.3, -0.25) is 4.79 Å². The van der Waals surface area contributed by atoms with E-state index in [1.807, 2.05) is 0 Å². The lowest BCUT2D eigenvalue weighted by Gasteiger charge is -2.27. The van der Waals surface area contributed by atoms with E-state index in [0.717, 1.165) is 38.5 Å². The number of amides is 1. The van der Waals surface area contributed by atoms with Crippen molar-refractivity contribution >= 4 is 5.91 Å². The number of hydrogen-bond donors (Lipinski definition) is 5. The van der Waals surface area contributed by atoms with Gasteiger partial charge in [0.05, 0.1) is 18.8 Å². The minimum atomic E-state index is -1.29. The average molecular weight is 1070 g/mol. The summed E-state index contributed by atoms with van der Waals surface area (Å²) < 4.78 is 0. The summed E-state index contributed by atoms with van der Waals surface area (Å²) in [6, 6.07) is -1.01. The summed E-state index contributed by atoms with van der Waals surface area (Å²) in [6.45, 7) is 4.10. The van der Waals surface area contributed by atoms with Crippen molar-refractivity contribution in [2.45, 2.75) is 411 Å². The summed E-state index contributed by atoms with van der Waals surface area (Å²) in [4.78, 5) is 12.7. The van der Waals surface area contributed by atoms with Crippen molar-refractivity contribution in [2.24, 2.45) is 0 Å². The lowest BCUT2D eigenvalue weighted by molar-refractivity contribution is -0.132. The molecule has 6 nitrogen and oxygen atoms in total. The van der Waals surface area contributed by atoms with Crippen LogP contribution in [0.3, 0.4) is 0 Å². The van der Waals surface area contributed by atoms with Crippen LogP contribution in [0.15, 0.2) is 24.3 Å². The molecule has 1 amide bonds. The van der Waals surface area contributed by atoms with Gasteiger partial charge in [-0.15, -0.1) is 0 Å². The Morgan fingerprint density at radius 1 is 0.316 bits per heavy atom. The number of aliphatic hydroxyl groups excluding tert-OH is 4. The third kappa shape index (κ3) is 57.5. The van der Waals surface area contributed by atoms with Gasteiger partial charge in [0.15, 0.2) is 0 Å². The molecule has 0 aliphatic rings. The minimum Gasteiger partial charge on any atom is -0.394 e. The van der Waals surface area contributed by atoms with Crippen LogP contribution in [0.2, 0.25) is 0 Å². The fraction of sp³-hybridized carbons (Fsp3) is 0.929. The van der Waals surface area contributed by atoms with E-state index in [9.17, 15) is 25.2 Å². The quantitative estimate of drug-likeness (QED) is 0.0308. The minimum absolute atomic E-state index is 0.365. The summed E-state index contributed by atoms with van der Waals surface area (Å²) in [5.74, 6) is -0.589. The molecule has 0 saturated heterocycles. The summed E-state index contributed by atoms with van der Waals surface area (Å²) in [7, 11) is 0. The van der Waals surface area contributed by atoms with Gasteiger partial charge in [-0.05, 0) is 51.4 Å². The Kier molecular flexibility index (Phi) is 63.6. The third-order valence-corrected chi connectivity index (χ3v) is 16.6. The van der Waals surface area contributed by atoms with Gasteiger partial charge in [-0.25, -0.2) is 0 Å². The van der Waals surface area contributed by atoms with Gasteiger partial charge < -0.3 is 25.7 Å². The van der Waals surface area contributed by atoms with Gasteiger partial charge in [-0.1, -0.05) is 359 Å². The molecule has 0 aliphatic heterocycles. The molecule has 0 radical (unpaired) electrons. The first-order chi connectivity index (χ1) is 37.5. The smallest absolute Gasteiger partial charge is 0.249 e. The lowest BCUT2D eigenvalue weighted by atomic mass is 10.00. The van der Waals surface area contributed by atoms with Gasteiger partial charge in [0.25, 0.3) is 0 Å².